The van der Waals surface area contributed by atoms with Crippen LogP contribution in [0.3, 0.4) is 0 Å². The van der Waals surface area contributed by atoms with Crippen molar-refractivity contribution in [3.05, 3.63) is 71.1 Å². The van der Waals surface area contributed by atoms with E-state index in [-0.39, 0.29) is 17.3 Å². The van der Waals surface area contributed by atoms with E-state index in [1.165, 1.54) is 16.8 Å². The molecule has 0 saturated heterocycles. The maximum Gasteiger partial charge on any atom is 0.271 e. The number of carbonyl (C=O) groups excluding carboxylic acids is 1. The minimum Gasteiger partial charge on any atom is -0.349 e. The highest BCUT2D eigenvalue weighted by Gasteiger charge is 2.11. The summed E-state index contributed by atoms with van der Waals surface area (Å²) < 4.78 is 3.28. The fourth-order valence-electron chi connectivity index (χ4n) is 2.15. The SMILES string of the molecule is O=C(NCCn1ccnc1)c1ccn(-c2cccc([N+](=O)[O-])c2)n1. The first-order chi connectivity index (χ1) is 11.6. The number of nitrogens with one attached hydrogen (secondary N) is 1. The number of aromatic nitrogens is 4. The summed E-state index contributed by atoms with van der Waals surface area (Å²) in [6.07, 6.45) is 6.73. The molecule has 1 aromatic carbocycles. The second kappa shape index (κ2) is 6.73. The van der Waals surface area contributed by atoms with Crippen molar-refractivity contribution in [3.8, 4) is 5.69 Å². The lowest BCUT2D eigenvalue weighted by molar-refractivity contribution is -0.384. The van der Waals surface area contributed by atoms with Gasteiger partial charge in [0.05, 0.1) is 16.9 Å². The van der Waals surface area contributed by atoms with E-state index in [4.69, 9.17) is 0 Å². The summed E-state index contributed by atoms with van der Waals surface area (Å²) in [5.41, 5.74) is 0.725. The summed E-state index contributed by atoms with van der Waals surface area (Å²) in [6, 6.07) is 7.61. The molecular weight excluding hydrogens is 312 g/mol. The van der Waals surface area contributed by atoms with Crippen LogP contribution in [0.15, 0.2) is 55.2 Å². The van der Waals surface area contributed by atoms with Gasteiger partial charge in [-0.1, -0.05) is 6.07 Å². The molecule has 2 aromatic heterocycles. The van der Waals surface area contributed by atoms with Gasteiger partial charge in [0.2, 0.25) is 0 Å². The highest BCUT2D eigenvalue weighted by Crippen LogP contribution is 2.16. The van der Waals surface area contributed by atoms with Gasteiger partial charge in [0.25, 0.3) is 11.6 Å². The zero-order chi connectivity index (χ0) is 16.9. The van der Waals surface area contributed by atoms with Crippen LogP contribution in [-0.2, 0) is 6.54 Å². The molecular formula is C15H14N6O3. The van der Waals surface area contributed by atoms with E-state index in [9.17, 15) is 14.9 Å². The van der Waals surface area contributed by atoms with Crippen LogP contribution in [0.2, 0.25) is 0 Å². The van der Waals surface area contributed by atoms with Crippen LogP contribution >= 0.6 is 0 Å². The first-order valence-electron chi connectivity index (χ1n) is 7.18. The van der Waals surface area contributed by atoms with Crippen molar-refractivity contribution >= 4 is 11.6 Å². The lowest BCUT2D eigenvalue weighted by atomic mass is 10.3. The van der Waals surface area contributed by atoms with Gasteiger partial charge in [-0.05, 0) is 12.1 Å². The van der Waals surface area contributed by atoms with Gasteiger partial charge < -0.3 is 9.88 Å². The molecule has 3 rings (SSSR count). The standard InChI is InChI=1S/C15H14N6O3/c22-15(17-6-9-19-8-5-16-11-19)14-4-7-20(18-14)12-2-1-3-13(10-12)21(23)24/h1-5,7-8,10-11H,6,9H2,(H,17,22). The quantitative estimate of drug-likeness (QED) is 0.544. The van der Waals surface area contributed by atoms with Crippen molar-refractivity contribution in [1.29, 1.82) is 0 Å². The van der Waals surface area contributed by atoms with Crippen LogP contribution in [0.5, 0.6) is 0 Å². The summed E-state index contributed by atoms with van der Waals surface area (Å²) in [7, 11) is 0. The fraction of sp³-hybridized carbons (Fsp3) is 0.133. The smallest absolute Gasteiger partial charge is 0.271 e. The molecule has 1 amide bonds. The third-order valence-corrected chi connectivity index (χ3v) is 3.34. The van der Waals surface area contributed by atoms with Crippen LogP contribution in [0.1, 0.15) is 10.5 Å². The molecule has 0 saturated carbocycles. The zero-order valence-corrected chi connectivity index (χ0v) is 12.6. The molecule has 0 aliphatic heterocycles. The molecule has 0 fully saturated rings. The highest BCUT2D eigenvalue weighted by atomic mass is 16.6. The summed E-state index contributed by atoms with van der Waals surface area (Å²) in [5, 5.41) is 17.7. The highest BCUT2D eigenvalue weighted by molar-refractivity contribution is 5.92. The van der Waals surface area contributed by atoms with Crippen molar-refractivity contribution in [2.45, 2.75) is 6.54 Å². The fourth-order valence-corrected chi connectivity index (χ4v) is 2.15. The van der Waals surface area contributed by atoms with Gasteiger partial charge in [0.15, 0.2) is 5.69 Å². The van der Waals surface area contributed by atoms with Crippen LogP contribution in [-0.4, -0.2) is 36.7 Å². The van der Waals surface area contributed by atoms with Gasteiger partial charge in [-0.2, -0.15) is 5.10 Å². The first-order valence-corrected chi connectivity index (χ1v) is 7.18. The topological polar surface area (TPSA) is 108 Å². The predicted octanol–water partition coefficient (Wildman–Crippen LogP) is 1.41. The molecule has 0 atom stereocenters. The van der Waals surface area contributed by atoms with Crippen LogP contribution < -0.4 is 5.32 Å². The van der Waals surface area contributed by atoms with Crippen LogP contribution in [0.4, 0.5) is 5.69 Å². The Balaban J connectivity index is 1.65. The molecule has 122 valence electrons. The van der Waals surface area contributed by atoms with Crippen molar-refractivity contribution in [1.82, 2.24) is 24.6 Å². The molecule has 0 aliphatic rings. The molecule has 0 radical (unpaired) electrons. The summed E-state index contributed by atoms with van der Waals surface area (Å²) in [6.45, 7) is 1.05. The monoisotopic (exact) mass is 326 g/mol. The number of rotatable bonds is 6. The average molecular weight is 326 g/mol. The Labute approximate surface area is 136 Å². The lowest BCUT2D eigenvalue weighted by Gasteiger charge is -2.04. The molecule has 1 N–H and O–H groups in total. The third kappa shape index (κ3) is 3.46. The first kappa shape index (κ1) is 15.4. The van der Waals surface area contributed by atoms with Gasteiger partial charge in [0, 0.05) is 43.8 Å². The van der Waals surface area contributed by atoms with E-state index in [0.29, 0.717) is 18.8 Å². The maximum atomic E-state index is 12.1. The maximum absolute atomic E-state index is 12.1. The second-order valence-electron chi connectivity index (χ2n) is 4.98. The van der Waals surface area contributed by atoms with Crippen molar-refractivity contribution in [3.63, 3.8) is 0 Å². The summed E-state index contributed by atoms with van der Waals surface area (Å²) in [5.74, 6) is -0.306. The molecule has 3 aromatic rings. The average Bonchev–Trinajstić information content (AvgIpc) is 3.26. The van der Waals surface area contributed by atoms with Gasteiger partial charge in [-0.25, -0.2) is 9.67 Å². The van der Waals surface area contributed by atoms with Crippen LogP contribution in [0, 0.1) is 10.1 Å². The molecule has 9 heteroatoms. The third-order valence-electron chi connectivity index (χ3n) is 3.34. The van der Waals surface area contributed by atoms with Crippen molar-refractivity contribution in [2.24, 2.45) is 0 Å². The molecule has 2 heterocycles. The number of nitro groups is 1. The Hall–Kier alpha value is -3.49. The Bertz CT molecular complexity index is 856. The summed E-state index contributed by atoms with van der Waals surface area (Å²) in [4.78, 5) is 26.3. The number of carbonyl (C=O) groups is 1. The number of amides is 1. The largest absolute Gasteiger partial charge is 0.349 e. The van der Waals surface area contributed by atoms with Crippen molar-refractivity contribution < 1.29 is 9.72 Å². The summed E-state index contributed by atoms with van der Waals surface area (Å²) >= 11 is 0. The van der Waals surface area contributed by atoms with E-state index in [1.807, 2.05) is 10.8 Å². The Kier molecular flexibility index (Phi) is 4.32. The normalized spacial score (nSPS) is 10.5. The lowest BCUT2D eigenvalue weighted by Crippen LogP contribution is -2.27. The predicted molar refractivity (Wildman–Crippen MR) is 84.8 cm³/mol. The van der Waals surface area contributed by atoms with E-state index >= 15 is 0 Å². The number of imidazole rings is 1. The number of nitrogens with zero attached hydrogens (tertiary/aromatic N) is 5. The molecule has 9 nitrogen and oxygen atoms in total. The molecule has 0 bridgehead atoms. The van der Waals surface area contributed by atoms with E-state index in [1.54, 1.807) is 36.9 Å². The minimum absolute atomic E-state index is 0.0330. The van der Waals surface area contributed by atoms with Gasteiger partial charge in [-0.3, -0.25) is 14.9 Å². The minimum atomic E-state index is -0.475. The van der Waals surface area contributed by atoms with Crippen LogP contribution in [0.25, 0.3) is 5.69 Å². The van der Waals surface area contributed by atoms with Crippen molar-refractivity contribution in [2.75, 3.05) is 6.54 Å². The Morgan fingerprint density at radius 3 is 2.92 bits per heavy atom. The molecule has 0 spiro atoms. The van der Waals surface area contributed by atoms with Gasteiger partial charge >= 0.3 is 0 Å². The number of hydrogen-bond acceptors (Lipinski definition) is 5. The molecule has 0 aliphatic carbocycles. The molecule has 0 unspecified atom stereocenters. The zero-order valence-electron chi connectivity index (χ0n) is 12.6. The Morgan fingerprint density at radius 1 is 1.29 bits per heavy atom. The van der Waals surface area contributed by atoms with E-state index in [0.717, 1.165) is 0 Å². The van der Waals surface area contributed by atoms with E-state index in [2.05, 4.69) is 15.4 Å². The second-order valence-corrected chi connectivity index (χ2v) is 4.98. The number of non-ortho nitro benzene ring substituents is 1. The van der Waals surface area contributed by atoms with Gasteiger partial charge in [0.1, 0.15) is 0 Å². The number of hydrogen-bond donors (Lipinski definition) is 1. The molecule has 24 heavy (non-hydrogen) atoms. The van der Waals surface area contributed by atoms with E-state index < -0.39 is 4.92 Å². The van der Waals surface area contributed by atoms with Gasteiger partial charge in [-0.15, -0.1) is 0 Å². The Morgan fingerprint density at radius 2 is 2.17 bits per heavy atom. The number of benzene rings is 1. The number of nitro benzene ring substituents is 1.